The number of carbonyl (C=O) groups excluding carboxylic acids is 1. The largest absolute Gasteiger partial charge is 0.491 e. The average molecular weight is 450 g/mol. The summed E-state index contributed by atoms with van der Waals surface area (Å²) in [6, 6.07) is 8.48. The van der Waals surface area contributed by atoms with Gasteiger partial charge in [-0.05, 0) is 30.2 Å². The Morgan fingerprint density at radius 1 is 1.38 bits per heavy atom. The highest BCUT2D eigenvalue weighted by molar-refractivity contribution is 5.92. The summed E-state index contributed by atoms with van der Waals surface area (Å²) < 4.78 is 54.6. The summed E-state index contributed by atoms with van der Waals surface area (Å²) in [5.74, 6) is 0.681. The maximum absolute atomic E-state index is 12.7. The number of halogens is 3. The molecule has 8 nitrogen and oxygen atoms in total. The first kappa shape index (κ1) is 22.0. The summed E-state index contributed by atoms with van der Waals surface area (Å²) >= 11 is 0. The molecular weight excluding hydrogens is 429 g/mol. The van der Waals surface area contributed by atoms with Crippen LogP contribution in [0.1, 0.15) is 34.5 Å². The Morgan fingerprint density at radius 2 is 2.22 bits per heavy atom. The molecule has 4 rings (SSSR count). The van der Waals surface area contributed by atoms with Gasteiger partial charge in [-0.2, -0.15) is 23.5 Å². The average Bonchev–Trinajstić information content (AvgIpc) is 3.19. The van der Waals surface area contributed by atoms with Gasteiger partial charge in [-0.25, -0.2) is 4.68 Å². The number of nitrogens with zero attached hydrogens (tertiary/aromatic N) is 3. The summed E-state index contributed by atoms with van der Waals surface area (Å²) in [5, 5.41) is 16.2. The third-order valence-corrected chi connectivity index (χ3v) is 5.19. The second kappa shape index (κ2) is 9.08. The molecule has 1 N–H and O–H groups in total. The predicted molar refractivity (Wildman–Crippen MR) is 104 cm³/mol. The minimum atomic E-state index is -4.25. The zero-order chi connectivity index (χ0) is 22.7. The van der Waals surface area contributed by atoms with Gasteiger partial charge in [0.2, 0.25) is 5.88 Å². The van der Waals surface area contributed by atoms with Crippen LogP contribution in [0.15, 0.2) is 24.3 Å². The standard InChI is InChI=1S/C21H21F3N4O4/c22-21(23,24)4-6-30-12-16-3-5-28-19(32-16)9-17(27-28)20(29)26-15-8-14-7-13(10-25)1-2-18(14)31-11-15/h1-2,7,9,15-16H,3-6,8,11-12H2,(H,26,29)/t15-,16?/m1/s1. The zero-order valence-electron chi connectivity index (χ0n) is 17.0. The van der Waals surface area contributed by atoms with Crippen LogP contribution in [0.2, 0.25) is 0 Å². The minimum absolute atomic E-state index is 0.0340. The molecule has 1 amide bonds. The minimum Gasteiger partial charge on any atom is -0.491 e. The van der Waals surface area contributed by atoms with Crippen molar-refractivity contribution >= 4 is 5.91 Å². The SMILES string of the molecule is N#Cc1ccc2c(c1)C[C@@H](NC(=O)c1cc3n(n1)CCC(COCCC(F)(F)F)O3)CO2. The van der Waals surface area contributed by atoms with Crippen molar-refractivity contribution in [3.8, 4) is 17.7 Å². The van der Waals surface area contributed by atoms with Crippen LogP contribution < -0.4 is 14.8 Å². The fraction of sp³-hybridized carbons (Fsp3) is 0.476. The van der Waals surface area contributed by atoms with E-state index >= 15 is 0 Å². The highest BCUT2D eigenvalue weighted by Gasteiger charge is 2.29. The Kier molecular flexibility index (Phi) is 6.23. The van der Waals surface area contributed by atoms with Gasteiger partial charge in [0, 0.05) is 19.0 Å². The number of carbonyl (C=O) groups is 1. The molecule has 11 heteroatoms. The van der Waals surface area contributed by atoms with Gasteiger partial charge in [0.25, 0.3) is 5.91 Å². The van der Waals surface area contributed by atoms with Crippen LogP contribution in [0.4, 0.5) is 13.2 Å². The lowest BCUT2D eigenvalue weighted by Gasteiger charge is -2.25. The molecule has 170 valence electrons. The third-order valence-electron chi connectivity index (χ3n) is 5.19. The highest BCUT2D eigenvalue weighted by Crippen LogP contribution is 2.27. The summed E-state index contributed by atoms with van der Waals surface area (Å²) in [6.45, 7) is 0.379. The Hall–Kier alpha value is -3.26. The number of benzene rings is 1. The molecule has 0 radical (unpaired) electrons. The van der Waals surface area contributed by atoms with Crippen LogP contribution in [0.25, 0.3) is 0 Å². The van der Waals surface area contributed by atoms with E-state index < -0.39 is 25.3 Å². The molecule has 3 heterocycles. The van der Waals surface area contributed by atoms with Crippen LogP contribution in [0.3, 0.4) is 0 Å². The molecule has 32 heavy (non-hydrogen) atoms. The van der Waals surface area contributed by atoms with Gasteiger partial charge in [0.15, 0.2) is 5.69 Å². The fourth-order valence-corrected chi connectivity index (χ4v) is 3.60. The normalized spacial score (nSPS) is 19.7. The molecule has 0 saturated carbocycles. The number of nitrogens with one attached hydrogen (secondary N) is 1. The van der Waals surface area contributed by atoms with Crippen molar-refractivity contribution in [1.82, 2.24) is 15.1 Å². The van der Waals surface area contributed by atoms with Gasteiger partial charge in [0.05, 0.1) is 37.3 Å². The summed E-state index contributed by atoms with van der Waals surface area (Å²) in [6.07, 6.45) is -4.62. The fourth-order valence-electron chi connectivity index (χ4n) is 3.60. The lowest BCUT2D eigenvalue weighted by Crippen LogP contribution is -2.42. The number of hydrogen-bond donors (Lipinski definition) is 1. The molecule has 0 aliphatic carbocycles. The van der Waals surface area contributed by atoms with E-state index in [-0.39, 0.29) is 24.2 Å². The Bertz CT molecular complexity index is 1030. The van der Waals surface area contributed by atoms with Crippen LogP contribution >= 0.6 is 0 Å². The van der Waals surface area contributed by atoms with Crippen molar-refractivity contribution < 1.29 is 32.2 Å². The lowest BCUT2D eigenvalue weighted by atomic mass is 10.0. The molecule has 2 atom stereocenters. The molecule has 2 aliphatic heterocycles. The zero-order valence-corrected chi connectivity index (χ0v) is 17.0. The van der Waals surface area contributed by atoms with E-state index in [0.29, 0.717) is 43.2 Å². The topological polar surface area (TPSA) is 98.4 Å². The molecule has 1 aromatic heterocycles. The van der Waals surface area contributed by atoms with Crippen molar-refractivity contribution in [2.24, 2.45) is 0 Å². The van der Waals surface area contributed by atoms with E-state index in [1.807, 2.05) is 0 Å². The highest BCUT2D eigenvalue weighted by atomic mass is 19.4. The molecule has 0 fully saturated rings. The number of aromatic nitrogens is 2. The molecule has 0 spiro atoms. The van der Waals surface area contributed by atoms with Crippen molar-refractivity contribution in [3.63, 3.8) is 0 Å². The van der Waals surface area contributed by atoms with Gasteiger partial charge in [-0.3, -0.25) is 4.79 Å². The number of rotatable bonds is 6. The molecule has 2 aromatic rings. The smallest absolute Gasteiger partial charge is 0.391 e. The van der Waals surface area contributed by atoms with Gasteiger partial charge >= 0.3 is 6.18 Å². The number of alkyl halides is 3. The lowest BCUT2D eigenvalue weighted by molar-refractivity contribution is -0.147. The van der Waals surface area contributed by atoms with Crippen molar-refractivity contribution in [3.05, 3.63) is 41.1 Å². The van der Waals surface area contributed by atoms with Crippen molar-refractivity contribution in [1.29, 1.82) is 5.26 Å². The molecule has 0 bridgehead atoms. The number of aryl methyl sites for hydroxylation is 1. The van der Waals surface area contributed by atoms with Crippen molar-refractivity contribution in [2.45, 2.75) is 44.1 Å². The third kappa shape index (κ3) is 5.31. The number of ether oxygens (including phenoxy) is 3. The molecule has 0 saturated heterocycles. The summed E-state index contributed by atoms with van der Waals surface area (Å²) in [7, 11) is 0. The van der Waals surface area contributed by atoms with E-state index in [1.165, 1.54) is 6.07 Å². The first-order chi connectivity index (χ1) is 15.3. The van der Waals surface area contributed by atoms with E-state index in [0.717, 1.165) is 5.56 Å². The Balaban J connectivity index is 1.31. The quantitative estimate of drug-likeness (QED) is 0.680. The number of hydrogen-bond acceptors (Lipinski definition) is 6. The Labute approximate surface area is 181 Å². The van der Waals surface area contributed by atoms with Gasteiger partial charge in [-0.15, -0.1) is 0 Å². The number of fused-ring (bicyclic) bond motifs is 2. The van der Waals surface area contributed by atoms with Crippen LogP contribution in [0, 0.1) is 11.3 Å². The Morgan fingerprint density at radius 3 is 3.00 bits per heavy atom. The van der Waals surface area contributed by atoms with Gasteiger partial charge in [0.1, 0.15) is 18.5 Å². The molecule has 1 unspecified atom stereocenters. The van der Waals surface area contributed by atoms with E-state index in [9.17, 15) is 18.0 Å². The van der Waals surface area contributed by atoms with Crippen LogP contribution in [-0.2, 0) is 17.7 Å². The van der Waals surface area contributed by atoms with Crippen LogP contribution in [0.5, 0.6) is 11.6 Å². The van der Waals surface area contributed by atoms with Crippen LogP contribution in [-0.4, -0.2) is 53.8 Å². The second-order valence-corrected chi connectivity index (χ2v) is 7.68. The molecule has 2 aliphatic rings. The second-order valence-electron chi connectivity index (χ2n) is 7.68. The molecular formula is C21H21F3N4O4. The monoisotopic (exact) mass is 450 g/mol. The number of amides is 1. The van der Waals surface area contributed by atoms with E-state index in [4.69, 9.17) is 19.5 Å². The van der Waals surface area contributed by atoms with Crippen molar-refractivity contribution in [2.75, 3.05) is 19.8 Å². The first-order valence-electron chi connectivity index (χ1n) is 10.2. The first-order valence-corrected chi connectivity index (χ1v) is 10.2. The molecule has 1 aromatic carbocycles. The van der Waals surface area contributed by atoms with E-state index in [2.05, 4.69) is 16.5 Å². The summed E-state index contributed by atoms with van der Waals surface area (Å²) in [5.41, 5.74) is 1.55. The maximum Gasteiger partial charge on any atom is 0.391 e. The maximum atomic E-state index is 12.7. The van der Waals surface area contributed by atoms with Gasteiger partial charge in [-0.1, -0.05) is 0 Å². The van der Waals surface area contributed by atoms with E-state index in [1.54, 1.807) is 22.9 Å². The number of nitriles is 1. The van der Waals surface area contributed by atoms with Gasteiger partial charge < -0.3 is 19.5 Å². The predicted octanol–water partition coefficient (Wildman–Crippen LogP) is 2.61. The summed E-state index contributed by atoms with van der Waals surface area (Å²) in [4.78, 5) is 12.7.